The molecule has 1 fully saturated rings. The van der Waals surface area contributed by atoms with E-state index in [4.69, 9.17) is 0 Å². The van der Waals surface area contributed by atoms with Gasteiger partial charge < -0.3 is 5.32 Å². The van der Waals surface area contributed by atoms with Gasteiger partial charge in [-0.2, -0.15) is 17.7 Å². The van der Waals surface area contributed by atoms with Crippen molar-refractivity contribution in [3.05, 3.63) is 18.0 Å². The Bertz CT molecular complexity index is 842. The predicted octanol–water partition coefficient (Wildman–Crippen LogP) is 1.38. The van der Waals surface area contributed by atoms with Crippen molar-refractivity contribution < 1.29 is 21.6 Å². The van der Waals surface area contributed by atoms with Crippen molar-refractivity contribution in [2.45, 2.75) is 19.0 Å². The minimum atomic E-state index is -4.65. The third-order valence-electron chi connectivity index (χ3n) is 3.69. The summed E-state index contributed by atoms with van der Waals surface area (Å²) in [7, 11) is -3.11. The lowest BCUT2D eigenvalue weighted by molar-refractivity contribution is -0.146. The van der Waals surface area contributed by atoms with Crippen LogP contribution in [-0.4, -0.2) is 46.8 Å². The first-order valence-corrected chi connectivity index (χ1v) is 8.85. The van der Waals surface area contributed by atoms with Crippen LogP contribution in [0.3, 0.4) is 0 Å². The molecule has 0 amide bonds. The highest BCUT2D eigenvalue weighted by molar-refractivity contribution is 7.90. The summed E-state index contributed by atoms with van der Waals surface area (Å²) in [5.74, 6) is -0.939. The van der Waals surface area contributed by atoms with Crippen molar-refractivity contribution in [1.82, 2.24) is 19.8 Å². The Morgan fingerprint density at radius 2 is 2.00 bits per heavy atom. The minimum Gasteiger partial charge on any atom is -0.368 e. The van der Waals surface area contributed by atoms with E-state index in [1.807, 2.05) is 0 Å². The molecule has 0 unspecified atom stereocenters. The Hall–Kier alpha value is -1.91. The SMILES string of the molecule is CS(=O)(=O)CC1(CNc2ccc3nnc(C(F)(F)F)n3n2)CC1. The number of aromatic nitrogens is 4. The van der Waals surface area contributed by atoms with Gasteiger partial charge in [0.1, 0.15) is 15.7 Å². The van der Waals surface area contributed by atoms with Crippen molar-refractivity contribution in [3.63, 3.8) is 0 Å². The zero-order valence-electron chi connectivity index (χ0n) is 12.1. The van der Waals surface area contributed by atoms with Gasteiger partial charge in [0, 0.05) is 18.2 Å². The molecule has 2 aromatic heterocycles. The third-order valence-corrected chi connectivity index (χ3v) is 4.82. The molecular formula is C12H14F3N5O2S. The molecule has 126 valence electrons. The normalized spacial score (nSPS) is 17.4. The molecule has 0 spiro atoms. The summed E-state index contributed by atoms with van der Waals surface area (Å²) in [6, 6.07) is 2.86. The summed E-state index contributed by atoms with van der Waals surface area (Å²) in [6.45, 7) is 0.335. The summed E-state index contributed by atoms with van der Waals surface area (Å²) < 4.78 is 61.8. The number of fused-ring (bicyclic) bond motifs is 1. The second-order valence-corrected chi connectivity index (χ2v) is 8.07. The second-order valence-electron chi connectivity index (χ2n) is 5.93. The van der Waals surface area contributed by atoms with E-state index in [0.717, 1.165) is 12.8 Å². The molecule has 7 nitrogen and oxygen atoms in total. The van der Waals surface area contributed by atoms with Crippen LogP contribution in [0.25, 0.3) is 5.65 Å². The third kappa shape index (κ3) is 3.54. The fraction of sp³-hybridized carbons (Fsp3) is 0.583. The highest BCUT2D eigenvalue weighted by Gasteiger charge is 2.45. The van der Waals surface area contributed by atoms with Crippen molar-refractivity contribution in [3.8, 4) is 0 Å². The monoisotopic (exact) mass is 349 g/mol. The van der Waals surface area contributed by atoms with Gasteiger partial charge in [-0.1, -0.05) is 0 Å². The van der Waals surface area contributed by atoms with E-state index in [9.17, 15) is 21.6 Å². The molecule has 1 saturated carbocycles. The second kappa shape index (κ2) is 5.05. The molecule has 2 aromatic rings. The quantitative estimate of drug-likeness (QED) is 0.877. The maximum Gasteiger partial charge on any atom is 0.453 e. The molecule has 23 heavy (non-hydrogen) atoms. The van der Waals surface area contributed by atoms with E-state index in [1.165, 1.54) is 18.4 Å². The molecule has 0 bridgehead atoms. The van der Waals surface area contributed by atoms with Crippen molar-refractivity contribution >= 4 is 21.3 Å². The van der Waals surface area contributed by atoms with Crippen LogP contribution in [0.15, 0.2) is 12.1 Å². The van der Waals surface area contributed by atoms with Gasteiger partial charge >= 0.3 is 6.18 Å². The topological polar surface area (TPSA) is 89.2 Å². The number of anilines is 1. The fourth-order valence-electron chi connectivity index (χ4n) is 2.44. The Balaban J connectivity index is 1.79. The summed E-state index contributed by atoms with van der Waals surface area (Å²) in [6.07, 6.45) is -1.96. The number of nitrogens with one attached hydrogen (secondary N) is 1. The van der Waals surface area contributed by atoms with E-state index >= 15 is 0 Å². The summed E-state index contributed by atoms with van der Waals surface area (Å²) >= 11 is 0. The van der Waals surface area contributed by atoms with Crippen LogP contribution < -0.4 is 5.32 Å². The summed E-state index contributed by atoms with van der Waals surface area (Å²) in [4.78, 5) is 0. The van der Waals surface area contributed by atoms with Crippen LogP contribution in [0.4, 0.5) is 19.0 Å². The van der Waals surface area contributed by atoms with Crippen molar-refractivity contribution in [2.75, 3.05) is 23.9 Å². The number of halogens is 3. The fourth-order valence-corrected chi connectivity index (χ4v) is 3.95. The Morgan fingerprint density at radius 3 is 2.57 bits per heavy atom. The van der Waals surface area contributed by atoms with Gasteiger partial charge in [0.05, 0.1) is 5.75 Å². The lowest BCUT2D eigenvalue weighted by atomic mass is 10.1. The Morgan fingerprint density at radius 1 is 1.30 bits per heavy atom. The number of rotatable bonds is 5. The first-order chi connectivity index (χ1) is 10.6. The van der Waals surface area contributed by atoms with Gasteiger partial charge in [-0.15, -0.1) is 15.3 Å². The van der Waals surface area contributed by atoms with Gasteiger partial charge in [0.25, 0.3) is 5.82 Å². The van der Waals surface area contributed by atoms with E-state index in [-0.39, 0.29) is 22.6 Å². The Kier molecular flexibility index (Phi) is 3.50. The molecule has 3 rings (SSSR count). The molecule has 0 radical (unpaired) electrons. The van der Waals surface area contributed by atoms with Crippen LogP contribution in [0.1, 0.15) is 18.7 Å². The predicted molar refractivity (Wildman–Crippen MR) is 75.7 cm³/mol. The van der Waals surface area contributed by atoms with Crippen molar-refractivity contribution in [1.29, 1.82) is 0 Å². The molecule has 11 heteroatoms. The van der Waals surface area contributed by atoms with E-state index in [2.05, 4.69) is 20.6 Å². The smallest absolute Gasteiger partial charge is 0.368 e. The first-order valence-electron chi connectivity index (χ1n) is 6.79. The number of hydrogen-bond donors (Lipinski definition) is 1. The maximum atomic E-state index is 12.8. The van der Waals surface area contributed by atoms with E-state index < -0.39 is 21.8 Å². The molecule has 0 aliphatic heterocycles. The zero-order chi connectivity index (χ0) is 16.9. The van der Waals surface area contributed by atoms with Crippen LogP contribution in [0, 0.1) is 5.41 Å². The van der Waals surface area contributed by atoms with Gasteiger partial charge in [-0.3, -0.25) is 0 Å². The molecular weight excluding hydrogens is 335 g/mol. The largest absolute Gasteiger partial charge is 0.453 e. The highest BCUT2D eigenvalue weighted by Crippen LogP contribution is 2.46. The summed E-state index contributed by atoms with van der Waals surface area (Å²) in [5, 5.41) is 13.3. The lowest BCUT2D eigenvalue weighted by Gasteiger charge is -2.15. The van der Waals surface area contributed by atoms with Crippen LogP contribution in [0.2, 0.25) is 0 Å². The van der Waals surface area contributed by atoms with Crippen LogP contribution >= 0.6 is 0 Å². The first kappa shape index (κ1) is 16.0. The van der Waals surface area contributed by atoms with Gasteiger partial charge in [0.15, 0.2) is 5.65 Å². The highest BCUT2D eigenvalue weighted by atomic mass is 32.2. The van der Waals surface area contributed by atoms with Gasteiger partial charge in [0.2, 0.25) is 0 Å². The molecule has 1 aliphatic rings. The molecule has 1 N–H and O–H groups in total. The van der Waals surface area contributed by atoms with Crippen LogP contribution in [0.5, 0.6) is 0 Å². The average molecular weight is 349 g/mol. The maximum absolute atomic E-state index is 12.8. The molecule has 0 atom stereocenters. The standard InChI is InChI=1S/C12H14F3N5O2S/c1-23(21,22)7-11(4-5-11)6-16-8-2-3-9-17-18-10(12(13,14)15)20(9)19-8/h2-3H,4-7H2,1H3,(H,16,19). The number of hydrogen-bond acceptors (Lipinski definition) is 6. The van der Waals surface area contributed by atoms with E-state index in [1.54, 1.807) is 0 Å². The zero-order valence-corrected chi connectivity index (χ0v) is 12.9. The number of nitrogens with zero attached hydrogens (tertiary/aromatic N) is 4. The molecule has 0 aromatic carbocycles. The molecule has 0 saturated heterocycles. The summed E-state index contributed by atoms with van der Waals surface area (Å²) in [5.41, 5.74) is -0.371. The number of sulfone groups is 1. The molecule has 2 heterocycles. The number of alkyl halides is 3. The lowest BCUT2D eigenvalue weighted by Crippen LogP contribution is -2.24. The molecule has 1 aliphatic carbocycles. The average Bonchev–Trinajstić information content (AvgIpc) is 3.00. The van der Waals surface area contributed by atoms with E-state index in [0.29, 0.717) is 11.1 Å². The van der Waals surface area contributed by atoms with Crippen LogP contribution in [-0.2, 0) is 16.0 Å². The van der Waals surface area contributed by atoms with Gasteiger partial charge in [-0.25, -0.2) is 8.42 Å². The Labute approximate surface area is 129 Å². The van der Waals surface area contributed by atoms with Gasteiger partial charge in [-0.05, 0) is 25.0 Å². The minimum absolute atomic E-state index is 0.0138. The van der Waals surface area contributed by atoms with Crippen molar-refractivity contribution in [2.24, 2.45) is 5.41 Å².